The molecule has 0 bridgehead atoms. The molecule has 1 aliphatic heterocycles. The predicted octanol–water partition coefficient (Wildman–Crippen LogP) is 1.90. The number of ether oxygens (including phenoxy) is 1. The minimum Gasteiger partial charge on any atom is -0.444 e. The number of carbonyl (C=O) groups excluding carboxylic acids is 1. The lowest BCUT2D eigenvalue weighted by Crippen LogP contribution is -2.49. The van der Waals surface area contributed by atoms with Crippen LogP contribution in [0.15, 0.2) is 0 Å². The van der Waals surface area contributed by atoms with Crippen LogP contribution in [0.25, 0.3) is 0 Å². The number of hydrogen-bond donors (Lipinski definition) is 2. The van der Waals surface area contributed by atoms with Gasteiger partial charge in [0.1, 0.15) is 5.60 Å². The molecule has 16 heavy (non-hydrogen) atoms. The van der Waals surface area contributed by atoms with Crippen LogP contribution < -0.4 is 10.6 Å². The van der Waals surface area contributed by atoms with Gasteiger partial charge in [0.2, 0.25) is 0 Å². The molecule has 0 radical (unpaired) electrons. The monoisotopic (exact) mass is 228 g/mol. The third-order valence-corrected chi connectivity index (χ3v) is 2.74. The SMILES string of the molecule is CC[C@H]1CNC[C@@H](NC(=O)OC(C)(C)C)C1. The maximum atomic E-state index is 11.6. The molecular weight excluding hydrogens is 204 g/mol. The highest BCUT2D eigenvalue weighted by Crippen LogP contribution is 2.14. The smallest absolute Gasteiger partial charge is 0.407 e. The van der Waals surface area contributed by atoms with Crippen LogP contribution >= 0.6 is 0 Å². The lowest BCUT2D eigenvalue weighted by Gasteiger charge is -2.30. The highest BCUT2D eigenvalue weighted by atomic mass is 16.6. The first-order valence-corrected chi connectivity index (χ1v) is 6.11. The van der Waals surface area contributed by atoms with Crippen LogP contribution in [0.4, 0.5) is 4.79 Å². The van der Waals surface area contributed by atoms with E-state index in [1.54, 1.807) is 0 Å². The van der Waals surface area contributed by atoms with Crippen LogP contribution in [0.5, 0.6) is 0 Å². The Morgan fingerprint density at radius 1 is 1.44 bits per heavy atom. The summed E-state index contributed by atoms with van der Waals surface area (Å²) in [5.74, 6) is 0.661. The second-order valence-corrected chi connectivity index (χ2v) is 5.51. The Hall–Kier alpha value is -0.770. The highest BCUT2D eigenvalue weighted by molar-refractivity contribution is 5.68. The quantitative estimate of drug-likeness (QED) is 0.759. The van der Waals surface area contributed by atoms with Crippen molar-refractivity contribution >= 4 is 6.09 Å². The van der Waals surface area contributed by atoms with Crippen molar-refractivity contribution in [2.24, 2.45) is 5.92 Å². The van der Waals surface area contributed by atoms with Crippen LogP contribution in [-0.2, 0) is 4.74 Å². The van der Waals surface area contributed by atoms with Gasteiger partial charge < -0.3 is 15.4 Å². The van der Waals surface area contributed by atoms with Crippen LogP contribution in [0.2, 0.25) is 0 Å². The van der Waals surface area contributed by atoms with Crippen molar-refractivity contribution in [3.8, 4) is 0 Å². The molecule has 0 aliphatic carbocycles. The van der Waals surface area contributed by atoms with Crippen molar-refractivity contribution in [3.05, 3.63) is 0 Å². The van der Waals surface area contributed by atoms with E-state index >= 15 is 0 Å². The molecular formula is C12H24N2O2. The molecule has 0 spiro atoms. The number of carbonyl (C=O) groups is 1. The fourth-order valence-electron chi connectivity index (χ4n) is 1.93. The fourth-order valence-corrected chi connectivity index (χ4v) is 1.93. The van der Waals surface area contributed by atoms with Crippen molar-refractivity contribution in [2.75, 3.05) is 13.1 Å². The maximum absolute atomic E-state index is 11.6. The van der Waals surface area contributed by atoms with Gasteiger partial charge in [-0.1, -0.05) is 13.3 Å². The molecule has 1 heterocycles. The van der Waals surface area contributed by atoms with Gasteiger partial charge in [0.05, 0.1) is 0 Å². The average molecular weight is 228 g/mol. The Balaban J connectivity index is 2.33. The first kappa shape index (κ1) is 13.3. The molecule has 94 valence electrons. The van der Waals surface area contributed by atoms with Crippen LogP contribution in [0.1, 0.15) is 40.5 Å². The van der Waals surface area contributed by atoms with Gasteiger partial charge in [-0.15, -0.1) is 0 Å². The topological polar surface area (TPSA) is 50.4 Å². The lowest BCUT2D eigenvalue weighted by molar-refractivity contribution is 0.0489. The van der Waals surface area contributed by atoms with Crippen molar-refractivity contribution in [1.29, 1.82) is 0 Å². The number of rotatable bonds is 2. The summed E-state index contributed by atoms with van der Waals surface area (Å²) in [6.07, 6.45) is 1.89. The zero-order valence-corrected chi connectivity index (χ0v) is 10.8. The van der Waals surface area contributed by atoms with E-state index in [2.05, 4.69) is 17.6 Å². The summed E-state index contributed by atoms with van der Waals surface area (Å²) in [5, 5.41) is 6.25. The molecule has 0 aromatic carbocycles. The Morgan fingerprint density at radius 2 is 2.12 bits per heavy atom. The van der Waals surface area contributed by atoms with Crippen molar-refractivity contribution < 1.29 is 9.53 Å². The molecule has 0 aromatic heterocycles. The van der Waals surface area contributed by atoms with Gasteiger partial charge in [-0.25, -0.2) is 4.79 Å². The number of amides is 1. The van der Waals surface area contributed by atoms with Crippen LogP contribution in [-0.4, -0.2) is 30.8 Å². The molecule has 1 aliphatic rings. The van der Waals surface area contributed by atoms with E-state index in [-0.39, 0.29) is 12.1 Å². The van der Waals surface area contributed by atoms with E-state index in [4.69, 9.17) is 4.74 Å². The Kier molecular flexibility index (Phi) is 4.59. The lowest BCUT2D eigenvalue weighted by atomic mass is 9.94. The molecule has 2 N–H and O–H groups in total. The Morgan fingerprint density at radius 3 is 2.69 bits per heavy atom. The van der Waals surface area contributed by atoms with Gasteiger partial charge in [0, 0.05) is 12.6 Å². The summed E-state index contributed by atoms with van der Waals surface area (Å²) < 4.78 is 5.23. The van der Waals surface area contributed by atoms with E-state index < -0.39 is 5.60 Å². The summed E-state index contributed by atoms with van der Waals surface area (Å²) >= 11 is 0. The second kappa shape index (κ2) is 5.53. The van der Waals surface area contributed by atoms with Crippen molar-refractivity contribution in [3.63, 3.8) is 0 Å². The minimum absolute atomic E-state index is 0.202. The molecule has 1 fully saturated rings. The Bertz CT molecular complexity index is 236. The van der Waals surface area contributed by atoms with Crippen molar-refractivity contribution in [2.45, 2.75) is 52.2 Å². The predicted molar refractivity (Wildman–Crippen MR) is 64.4 cm³/mol. The number of hydrogen-bond acceptors (Lipinski definition) is 3. The summed E-state index contributed by atoms with van der Waals surface area (Å²) in [7, 11) is 0. The molecule has 1 rings (SSSR count). The third-order valence-electron chi connectivity index (χ3n) is 2.74. The number of piperidine rings is 1. The van der Waals surface area contributed by atoms with Gasteiger partial charge in [0.15, 0.2) is 0 Å². The third kappa shape index (κ3) is 4.84. The highest BCUT2D eigenvalue weighted by Gasteiger charge is 2.24. The van der Waals surface area contributed by atoms with E-state index in [1.165, 1.54) is 0 Å². The number of alkyl carbamates (subject to hydrolysis) is 1. The summed E-state index contributed by atoms with van der Waals surface area (Å²) in [4.78, 5) is 11.6. The van der Waals surface area contributed by atoms with Crippen LogP contribution in [0.3, 0.4) is 0 Å². The molecule has 0 saturated carbocycles. The van der Waals surface area contributed by atoms with Gasteiger partial charge in [-0.2, -0.15) is 0 Å². The Labute approximate surface area is 98.1 Å². The zero-order chi connectivity index (χ0) is 12.2. The number of nitrogens with one attached hydrogen (secondary N) is 2. The normalized spacial score (nSPS) is 26.2. The second-order valence-electron chi connectivity index (χ2n) is 5.51. The van der Waals surface area contributed by atoms with E-state index in [9.17, 15) is 4.79 Å². The van der Waals surface area contributed by atoms with E-state index in [1.807, 2.05) is 20.8 Å². The first-order valence-electron chi connectivity index (χ1n) is 6.11. The van der Waals surface area contributed by atoms with E-state index in [0.717, 1.165) is 25.9 Å². The summed E-state index contributed by atoms with van der Waals surface area (Å²) in [5.41, 5.74) is -0.420. The average Bonchev–Trinajstić information content (AvgIpc) is 2.15. The summed E-state index contributed by atoms with van der Waals surface area (Å²) in [6, 6.07) is 0.202. The molecule has 1 saturated heterocycles. The van der Waals surface area contributed by atoms with Gasteiger partial charge in [0.25, 0.3) is 0 Å². The van der Waals surface area contributed by atoms with Gasteiger partial charge in [-0.05, 0) is 39.7 Å². The molecule has 1 amide bonds. The zero-order valence-electron chi connectivity index (χ0n) is 10.8. The summed E-state index contributed by atoms with van der Waals surface area (Å²) in [6.45, 7) is 9.71. The van der Waals surface area contributed by atoms with Gasteiger partial charge in [-0.3, -0.25) is 0 Å². The van der Waals surface area contributed by atoms with Crippen LogP contribution in [0, 0.1) is 5.92 Å². The maximum Gasteiger partial charge on any atom is 0.407 e. The molecule has 4 nitrogen and oxygen atoms in total. The standard InChI is InChI=1S/C12H24N2O2/c1-5-9-6-10(8-13-7-9)14-11(15)16-12(2,3)4/h9-10,13H,5-8H2,1-4H3,(H,14,15)/t9-,10+/m1/s1. The van der Waals surface area contributed by atoms with Crippen molar-refractivity contribution in [1.82, 2.24) is 10.6 Å². The van der Waals surface area contributed by atoms with Gasteiger partial charge >= 0.3 is 6.09 Å². The molecule has 0 unspecified atom stereocenters. The largest absolute Gasteiger partial charge is 0.444 e. The first-order chi connectivity index (χ1) is 7.40. The molecule has 0 aromatic rings. The molecule has 2 atom stereocenters. The van der Waals surface area contributed by atoms with E-state index in [0.29, 0.717) is 5.92 Å². The molecule has 4 heteroatoms. The minimum atomic E-state index is -0.420. The fraction of sp³-hybridized carbons (Fsp3) is 0.917.